The highest BCUT2D eigenvalue weighted by Crippen LogP contribution is 2.48. The normalized spacial score (nSPS) is 27.0. The van der Waals surface area contributed by atoms with E-state index in [2.05, 4.69) is 14.9 Å². The smallest absolute Gasteiger partial charge is 0.319 e. The van der Waals surface area contributed by atoms with Crippen LogP contribution in [-0.4, -0.2) is 46.3 Å². The first kappa shape index (κ1) is 19.7. The van der Waals surface area contributed by atoms with Gasteiger partial charge in [0.2, 0.25) is 5.88 Å². The zero-order chi connectivity index (χ0) is 19.9. The maximum absolute atomic E-state index is 11.5. The summed E-state index contributed by atoms with van der Waals surface area (Å²) in [5, 5.41) is 12.8. The van der Waals surface area contributed by atoms with E-state index in [-0.39, 0.29) is 18.1 Å². The summed E-state index contributed by atoms with van der Waals surface area (Å²) in [6.07, 6.45) is 4.90. The molecule has 2 unspecified atom stereocenters. The van der Waals surface area contributed by atoms with Crippen LogP contribution < -0.4 is 9.47 Å². The Morgan fingerprint density at radius 3 is 2.50 bits per heavy atom. The van der Waals surface area contributed by atoms with Crippen LogP contribution in [0.4, 0.5) is 0 Å². The van der Waals surface area contributed by atoms with Crippen molar-refractivity contribution in [3.05, 3.63) is 45.6 Å². The molecule has 2 aliphatic heterocycles. The van der Waals surface area contributed by atoms with E-state index in [1.165, 1.54) is 7.11 Å². The van der Waals surface area contributed by atoms with Gasteiger partial charge >= 0.3 is 6.01 Å². The fourth-order valence-electron chi connectivity index (χ4n) is 4.56. The minimum atomic E-state index is -1.02. The van der Waals surface area contributed by atoms with Gasteiger partial charge in [0.1, 0.15) is 0 Å². The van der Waals surface area contributed by atoms with E-state index >= 15 is 0 Å². The Kier molecular flexibility index (Phi) is 5.40. The average Bonchev–Trinajstić information content (AvgIpc) is 2.93. The summed E-state index contributed by atoms with van der Waals surface area (Å²) in [5.41, 5.74) is 0.652. The van der Waals surface area contributed by atoms with E-state index in [9.17, 15) is 5.11 Å². The van der Waals surface area contributed by atoms with Crippen molar-refractivity contribution < 1.29 is 14.6 Å². The van der Waals surface area contributed by atoms with Crippen LogP contribution in [0.15, 0.2) is 24.4 Å². The molecule has 6 nitrogen and oxygen atoms in total. The third-order valence-corrected chi connectivity index (χ3v) is 6.48. The zero-order valence-corrected chi connectivity index (χ0v) is 17.4. The molecule has 3 heterocycles. The van der Waals surface area contributed by atoms with Crippen molar-refractivity contribution >= 4 is 23.2 Å². The highest BCUT2D eigenvalue weighted by atomic mass is 35.5. The average molecular weight is 424 g/mol. The molecule has 1 aromatic carbocycles. The highest BCUT2D eigenvalue weighted by molar-refractivity contribution is 6.35. The van der Waals surface area contributed by atoms with Crippen LogP contribution in [0.5, 0.6) is 11.9 Å². The van der Waals surface area contributed by atoms with Gasteiger partial charge in [0.25, 0.3) is 0 Å². The monoisotopic (exact) mass is 423 g/mol. The predicted octanol–water partition coefficient (Wildman–Crippen LogP) is 3.82. The van der Waals surface area contributed by atoms with Gasteiger partial charge in [-0.25, -0.2) is 4.98 Å². The van der Waals surface area contributed by atoms with Crippen LogP contribution in [0.1, 0.15) is 36.8 Å². The highest BCUT2D eigenvalue weighted by Gasteiger charge is 2.49. The molecule has 28 heavy (non-hydrogen) atoms. The minimum Gasteiger partial charge on any atom is -0.481 e. The summed E-state index contributed by atoms with van der Waals surface area (Å²) in [6, 6.07) is 6.35. The summed E-state index contributed by atoms with van der Waals surface area (Å²) in [4.78, 5) is 10.9. The number of aromatic nitrogens is 2. The standard InChI is InChI=1S/C20H23Cl2N3O3/c1-27-18-16(10-23-19(24-18)28-2)20(26)8-14-5-6-15(9-20)25(14)11-12-3-4-13(21)7-17(12)22/h3-4,7,10,14-15,26H,5-6,8-9,11H2,1-2H3. The third-order valence-electron chi connectivity index (χ3n) is 5.89. The molecule has 150 valence electrons. The van der Waals surface area contributed by atoms with Crippen molar-refractivity contribution in [1.82, 2.24) is 14.9 Å². The van der Waals surface area contributed by atoms with Gasteiger partial charge in [0, 0.05) is 34.9 Å². The second-order valence-corrected chi connectivity index (χ2v) is 8.36. The topological polar surface area (TPSA) is 67.7 Å². The number of rotatable bonds is 5. The van der Waals surface area contributed by atoms with Gasteiger partial charge in [-0.2, -0.15) is 4.98 Å². The maximum Gasteiger partial charge on any atom is 0.319 e. The molecule has 0 spiro atoms. The quantitative estimate of drug-likeness (QED) is 0.788. The van der Waals surface area contributed by atoms with Crippen LogP contribution in [0, 0.1) is 0 Å². The van der Waals surface area contributed by atoms with Gasteiger partial charge in [0.05, 0.1) is 25.4 Å². The Hall–Kier alpha value is -1.60. The largest absolute Gasteiger partial charge is 0.481 e. The van der Waals surface area contributed by atoms with E-state index in [1.54, 1.807) is 19.4 Å². The Balaban J connectivity index is 1.58. The molecule has 2 aliphatic rings. The number of fused-ring (bicyclic) bond motifs is 2. The molecule has 8 heteroatoms. The summed E-state index contributed by atoms with van der Waals surface area (Å²) >= 11 is 12.4. The van der Waals surface area contributed by atoms with E-state index in [4.69, 9.17) is 32.7 Å². The minimum absolute atomic E-state index is 0.224. The van der Waals surface area contributed by atoms with E-state index in [1.807, 2.05) is 12.1 Å². The Bertz CT molecular complexity index is 866. The van der Waals surface area contributed by atoms with E-state index < -0.39 is 5.60 Å². The molecule has 0 amide bonds. The van der Waals surface area contributed by atoms with Crippen LogP contribution in [0.3, 0.4) is 0 Å². The molecule has 4 rings (SSSR count). The number of hydrogen-bond acceptors (Lipinski definition) is 6. The number of aliphatic hydroxyl groups is 1. The number of ether oxygens (including phenoxy) is 2. The van der Waals surface area contributed by atoms with Crippen LogP contribution in [0.2, 0.25) is 10.0 Å². The van der Waals surface area contributed by atoms with Gasteiger partial charge in [-0.05, 0) is 43.4 Å². The van der Waals surface area contributed by atoms with Gasteiger partial charge < -0.3 is 14.6 Å². The van der Waals surface area contributed by atoms with Gasteiger partial charge in [0.15, 0.2) is 0 Å². The lowest BCUT2D eigenvalue weighted by Crippen LogP contribution is -2.49. The number of hydrogen-bond donors (Lipinski definition) is 1. The zero-order valence-electron chi connectivity index (χ0n) is 15.9. The van der Waals surface area contributed by atoms with E-state index in [0.717, 1.165) is 24.9 Å². The predicted molar refractivity (Wildman–Crippen MR) is 107 cm³/mol. The summed E-state index contributed by atoms with van der Waals surface area (Å²) in [5.74, 6) is 0.364. The second-order valence-electron chi connectivity index (χ2n) is 7.51. The van der Waals surface area contributed by atoms with Crippen molar-refractivity contribution in [2.45, 2.75) is 49.9 Å². The van der Waals surface area contributed by atoms with Gasteiger partial charge in [-0.3, -0.25) is 4.90 Å². The molecule has 1 N–H and O–H groups in total. The first-order chi connectivity index (χ1) is 13.4. The molecular formula is C20H23Cl2N3O3. The Labute approximate surface area is 174 Å². The second kappa shape index (κ2) is 7.67. The number of methoxy groups -OCH3 is 2. The fraction of sp³-hybridized carbons (Fsp3) is 0.500. The third kappa shape index (κ3) is 3.54. The molecule has 2 bridgehead atoms. The maximum atomic E-state index is 11.5. The van der Waals surface area contributed by atoms with Gasteiger partial charge in [-0.15, -0.1) is 0 Å². The molecule has 0 radical (unpaired) electrons. The molecule has 0 saturated carbocycles. The molecule has 0 aliphatic carbocycles. The molecule has 2 fully saturated rings. The Morgan fingerprint density at radius 1 is 1.18 bits per heavy atom. The van der Waals surface area contributed by atoms with E-state index in [0.29, 0.717) is 34.3 Å². The molecule has 2 saturated heterocycles. The lowest BCUT2D eigenvalue weighted by atomic mass is 9.81. The molecule has 2 aromatic rings. The molecule has 1 aromatic heterocycles. The summed E-state index contributed by atoms with van der Waals surface area (Å²) in [7, 11) is 3.05. The lowest BCUT2D eigenvalue weighted by molar-refractivity contribution is -0.0612. The number of piperidine rings is 1. The van der Waals surface area contributed by atoms with Crippen molar-refractivity contribution in [1.29, 1.82) is 0 Å². The molecule has 2 atom stereocenters. The first-order valence-electron chi connectivity index (χ1n) is 9.31. The molecular weight excluding hydrogens is 401 g/mol. The Morgan fingerprint density at radius 2 is 1.89 bits per heavy atom. The van der Waals surface area contributed by atoms with Crippen LogP contribution in [-0.2, 0) is 12.1 Å². The van der Waals surface area contributed by atoms with Crippen molar-refractivity contribution in [3.8, 4) is 11.9 Å². The SMILES string of the molecule is COc1ncc(C2(O)CC3CCC(C2)N3Cc2ccc(Cl)cc2Cl)c(OC)n1. The van der Waals surface area contributed by atoms with Crippen molar-refractivity contribution in [2.24, 2.45) is 0 Å². The van der Waals surface area contributed by atoms with Crippen molar-refractivity contribution in [3.63, 3.8) is 0 Å². The first-order valence-corrected chi connectivity index (χ1v) is 10.1. The summed E-state index contributed by atoms with van der Waals surface area (Å²) < 4.78 is 10.5. The lowest BCUT2D eigenvalue weighted by Gasteiger charge is -2.44. The number of halogens is 2. The van der Waals surface area contributed by atoms with Crippen LogP contribution in [0.25, 0.3) is 0 Å². The number of benzene rings is 1. The number of nitrogens with zero attached hydrogens (tertiary/aromatic N) is 3. The fourth-order valence-corrected chi connectivity index (χ4v) is 5.03. The summed E-state index contributed by atoms with van der Waals surface area (Å²) in [6.45, 7) is 0.748. The van der Waals surface area contributed by atoms with Gasteiger partial charge in [-0.1, -0.05) is 29.3 Å². The van der Waals surface area contributed by atoms with Crippen LogP contribution >= 0.6 is 23.2 Å². The van der Waals surface area contributed by atoms with Crippen molar-refractivity contribution in [2.75, 3.05) is 14.2 Å².